The van der Waals surface area contributed by atoms with Crippen molar-refractivity contribution in [1.82, 2.24) is 4.90 Å². The highest BCUT2D eigenvalue weighted by Gasteiger charge is 2.34. The van der Waals surface area contributed by atoms with Crippen LogP contribution in [0.25, 0.3) is 0 Å². The second kappa shape index (κ2) is 5.62. The van der Waals surface area contributed by atoms with E-state index in [1.54, 1.807) is 0 Å². The summed E-state index contributed by atoms with van der Waals surface area (Å²) in [5, 5.41) is 5.13. The Kier molecular flexibility index (Phi) is 4.52. The van der Waals surface area contributed by atoms with Gasteiger partial charge in [0.25, 0.3) is 0 Å². The van der Waals surface area contributed by atoms with Crippen molar-refractivity contribution in [1.29, 1.82) is 0 Å². The molecule has 2 heterocycles. The lowest BCUT2D eigenvalue weighted by Crippen LogP contribution is -2.32. The molecule has 21 heavy (non-hydrogen) atoms. The molecule has 6 nitrogen and oxygen atoms in total. The van der Waals surface area contributed by atoms with Crippen molar-refractivity contribution in [2.45, 2.75) is 35.2 Å². The molecule has 2 rings (SSSR count). The Hall–Kier alpha value is -0.480. The third-order valence-electron chi connectivity index (χ3n) is 3.51. The van der Waals surface area contributed by atoms with Gasteiger partial charge in [-0.2, -0.15) is 0 Å². The summed E-state index contributed by atoms with van der Waals surface area (Å²) >= 11 is 0.760. The predicted molar refractivity (Wildman–Crippen MR) is 82.6 cm³/mol. The molecule has 0 amide bonds. The molecule has 1 aromatic heterocycles. The van der Waals surface area contributed by atoms with Crippen LogP contribution < -0.4 is 5.14 Å². The molecular formula is C12H20N2O4S3. The Balaban J connectivity index is 2.56. The van der Waals surface area contributed by atoms with Gasteiger partial charge in [0.1, 0.15) is 8.42 Å². The minimum atomic E-state index is -3.89. The molecule has 0 radical (unpaired) electrons. The van der Waals surface area contributed by atoms with Crippen LogP contribution in [-0.2, 0) is 19.9 Å². The maximum Gasteiger partial charge on any atom is 0.247 e. The Bertz CT molecular complexity index is 735. The van der Waals surface area contributed by atoms with Crippen LogP contribution in [0.4, 0.5) is 0 Å². The van der Waals surface area contributed by atoms with Crippen molar-refractivity contribution in [3.63, 3.8) is 0 Å². The number of hydrogen-bond donors (Lipinski definition) is 1. The number of sulfone groups is 1. The monoisotopic (exact) mass is 352 g/mol. The van der Waals surface area contributed by atoms with Crippen LogP contribution in [0.2, 0.25) is 0 Å². The minimum Gasteiger partial charge on any atom is -0.295 e. The van der Waals surface area contributed by atoms with E-state index in [0.29, 0.717) is 18.0 Å². The minimum absolute atomic E-state index is 0.00162. The smallest absolute Gasteiger partial charge is 0.247 e. The van der Waals surface area contributed by atoms with Crippen molar-refractivity contribution >= 4 is 31.2 Å². The maximum atomic E-state index is 12.4. The summed E-state index contributed by atoms with van der Waals surface area (Å²) in [6.07, 6.45) is 0. The molecule has 1 aliphatic rings. The van der Waals surface area contributed by atoms with Crippen LogP contribution in [0.3, 0.4) is 0 Å². The SMILES string of the molecule is CC(C)CN1CCS(=O)(=O)c2sc(S(N)(=O)=O)cc2[C@H]1C. The summed E-state index contributed by atoms with van der Waals surface area (Å²) in [5.41, 5.74) is 0.544. The maximum absolute atomic E-state index is 12.4. The highest BCUT2D eigenvalue weighted by molar-refractivity contribution is 7.95. The van der Waals surface area contributed by atoms with E-state index in [9.17, 15) is 16.8 Å². The molecule has 0 fully saturated rings. The second-order valence-electron chi connectivity index (χ2n) is 5.74. The zero-order valence-corrected chi connectivity index (χ0v) is 14.7. The van der Waals surface area contributed by atoms with E-state index in [1.807, 2.05) is 6.92 Å². The molecule has 1 atom stereocenters. The first kappa shape index (κ1) is 16.9. The Morgan fingerprint density at radius 3 is 2.62 bits per heavy atom. The molecule has 0 saturated carbocycles. The van der Waals surface area contributed by atoms with Gasteiger partial charge in [0.05, 0.1) is 5.75 Å². The van der Waals surface area contributed by atoms with E-state index < -0.39 is 19.9 Å². The van der Waals surface area contributed by atoms with Crippen LogP contribution in [-0.4, -0.2) is 40.6 Å². The van der Waals surface area contributed by atoms with Gasteiger partial charge in [-0.3, -0.25) is 4.90 Å². The van der Waals surface area contributed by atoms with Gasteiger partial charge in [-0.1, -0.05) is 13.8 Å². The van der Waals surface area contributed by atoms with Crippen LogP contribution in [0.1, 0.15) is 32.4 Å². The third-order valence-corrected chi connectivity index (χ3v) is 8.41. The molecule has 1 aliphatic heterocycles. The van der Waals surface area contributed by atoms with Gasteiger partial charge < -0.3 is 0 Å². The highest BCUT2D eigenvalue weighted by atomic mass is 32.3. The van der Waals surface area contributed by atoms with Gasteiger partial charge in [-0.25, -0.2) is 22.0 Å². The molecule has 0 unspecified atom stereocenters. The van der Waals surface area contributed by atoms with Gasteiger partial charge in [0, 0.05) is 19.1 Å². The summed E-state index contributed by atoms with van der Waals surface area (Å²) in [5.74, 6) is 0.398. The number of nitrogens with zero attached hydrogens (tertiary/aromatic N) is 1. The van der Waals surface area contributed by atoms with Crippen LogP contribution in [0.5, 0.6) is 0 Å². The van der Waals surface area contributed by atoms with Crippen molar-refractivity contribution in [3.8, 4) is 0 Å². The van der Waals surface area contributed by atoms with Crippen LogP contribution in [0, 0.1) is 5.92 Å². The van der Waals surface area contributed by atoms with E-state index in [2.05, 4.69) is 18.7 Å². The van der Waals surface area contributed by atoms with E-state index in [1.165, 1.54) is 6.07 Å². The lowest BCUT2D eigenvalue weighted by molar-refractivity contribution is 0.199. The number of thiophene rings is 1. The third kappa shape index (κ3) is 3.48. The summed E-state index contributed by atoms with van der Waals surface area (Å²) in [7, 11) is -7.35. The zero-order chi connectivity index (χ0) is 16.0. The topological polar surface area (TPSA) is 97.5 Å². The number of primary sulfonamides is 1. The van der Waals surface area contributed by atoms with Gasteiger partial charge in [0.15, 0.2) is 9.84 Å². The summed E-state index contributed by atoms with van der Waals surface area (Å²) < 4.78 is 47.8. The van der Waals surface area contributed by atoms with Crippen molar-refractivity contribution < 1.29 is 16.8 Å². The highest BCUT2D eigenvalue weighted by Crippen LogP contribution is 2.38. The Labute approximate surface area is 129 Å². The van der Waals surface area contributed by atoms with E-state index in [0.717, 1.165) is 17.9 Å². The quantitative estimate of drug-likeness (QED) is 0.881. The number of hydrogen-bond acceptors (Lipinski definition) is 6. The Morgan fingerprint density at radius 1 is 1.48 bits per heavy atom. The molecule has 0 spiro atoms. The first-order valence-corrected chi connectivity index (χ1v) is 10.7. The largest absolute Gasteiger partial charge is 0.295 e. The molecule has 0 aromatic carbocycles. The van der Waals surface area contributed by atoms with Gasteiger partial charge >= 0.3 is 0 Å². The molecule has 120 valence electrons. The van der Waals surface area contributed by atoms with Crippen molar-refractivity contribution in [2.75, 3.05) is 18.8 Å². The van der Waals surface area contributed by atoms with Gasteiger partial charge in [0.2, 0.25) is 10.0 Å². The Morgan fingerprint density at radius 2 is 2.10 bits per heavy atom. The number of nitrogens with two attached hydrogens (primary N) is 1. The first-order chi connectivity index (χ1) is 9.52. The lowest BCUT2D eigenvalue weighted by atomic mass is 10.1. The fourth-order valence-electron chi connectivity index (χ4n) is 2.48. The fourth-order valence-corrected chi connectivity index (χ4v) is 6.64. The number of rotatable bonds is 3. The molecule has 1 aromatic rings. The second-order valence-corrected chi connectivity index (χ2v) is 10.9. The standard InChI is InChI=1S/C12H20N2O4S3/c1-8(2)7-14-4-5-20(15,16)12-10(9(14)3)6-11(19-12)21(13,17)18/h6,8-9H,4-5,7H2,1-3H3,(H2,13,17,18)/t9-/m1/s1. The summed E-state index contributed by atoms with van der Waals surface area (Å²) in [6.45, 7) is 7.25. The molecule has 0 saturated heterocycles. The van der Waals surface area contributed by atoms with E-state index in [4.69, 9.17) is 5.14 Å². The molecule has 9 heteroatoms. The van der Waals surface area contributed by atoms with Crippen molar-refractivity contribution in [2.24, 2.45) is 11.1 Å². The zero-order valence-electron chi connectivity index (χ0n) is 12.2. The van der Waals surface area contributed by atoms with Crippen molar-refractivity contribution in [3.05, 3.63) is 11.6 Å². The average Bonchev–Trinajstić information content (AvgIpc) is 2.75. The molecular weight excluding hydrogens is 332 g/mol. The fraction of sp³-hybridized carbons (Fsp3) is 0.667. The molecule has 0 aliphatic carbocycles. The van der Waals surface area contributed by atoms with Crippen LogP contribution >= 0.6 is 11.3 Å². The van der Waals surface area contributed by atoms with Gasteiger partial charge in [-0.15, -0.1) is 11.3 Å². The predicted octanol–water partition coefficient (Wildman–Crippen LogP) is 1.20. The molecule has 2 N–H and O–H groups in total. The number of sulfonamides is 1. The normalized spacial score (nSPS) is 23.0. The van der Waals surface area contributed by atoms with Gasteiger partial charge in [-0.05, 0) is 24.5 Å². The first-order valence-electron chi connectivity index (χ1n) is 6.65. The lowest BCUT2D eigenvalue weighted by Gasteiger charge is -2.28. The van der Waals surface area contributed by atoms with E-state index >= 15 is 0 Å². The summed E-state index contributed by atoms with van der Waals surface area (Å²) in [4.78, 5) is 2.08. The summed E-state index contributed by atoms with van der Waals surface area (Å²) in [6, 6.07) is 1.27. The number of fused-ring (bicyclic) bond motifs is 1. The molecule has 0 bridgehead atoms. The van der Waals surface area contributed by atoms with E-state index in [-0.39, 0.29) is 20.2 Å². The van der Waals surface area contributed by atoms with Crippen LogP contribution in [0.15, 0.2) is 14.5 Å². The average molecular weight is 353 g/mol.